The molecule has 0 aliphatic carbocycles. The number of carbonyl (C=O) groups is 1. The lowest BCUT2D eigenvalue weighted by molar-refractivity contribution is -0.119. The predicted molar refractivity (Wildman–Crippen MR) is 127 cm³/mol. The molecule has 2 unspecified atom stereocenters. The van der Waals surface area contributed by atoms with Gasteiger partial charge in [0, 0.05) is 18.1 Å². The van der Waals surface area contributed by atoms with Crippen molar-refractivity contribution < 1.29 is 14.3 Å². The molecule has 0 bridgehead atoms. The monoisotopic (exact) mass is 412 g/mol. The third-order valence-corrected chi connectivity index (χ3v) is 5.20. The van der Waals surface area contributed by atoms with Gasteiger partial charge in [0.05, 0.1) is 14.2 Å². The summed E-state index contributed by atoms with van der Waals surface area (Å²) >= 11 is 0. The van der Waals surface area contributed by atoms with Crippen molar-refractivity contribution in [1.29, 1.82) is 0 Å². The smallest absolute Gasteiger partial charge is 0.139 e. The average Bonchev–Trinajstić information content (AvgIpc) is 2.73. The molecule has 0 N–H and O–H groups in total. The van der Waals surface area contributed by atoms with Crippen molar-refractivity contribution in [3.8, 4) is 11.5 Å². The van der Waals surface area contributed by atoms with Gasteiger partial charge in [-0.05, 0) is 30.4 Å². The molecule has 0 aromatic heterocycles. The predicted octanol–water partition coefficient (Wildman–Crippen LogP) is 6.97. The third-order valence-electron chi connectivity index (χ3n) is 4.80. The fourth-order valence-electron chi connectivity index (χ4n) is 2.70. The van der Waals surface area contributed by atoms with Crippen molar-refractivity contribution in [2.75, 3.05) is 20.4 Å². The van der Waals surface area contributed by atoms with Crippen molar-refractivity contribution in [2.45, 2.75) is 80.1 Å². The summed E-state index contributed by atoms with van der Waals surface area (Å²) in [5.74, 6) is 3.30. The molecule has 1 rings (SSSR count). The van der Waals surface area contributed by atoms with E-state index in [0.717, 1.165) is 30.3 Å². The molecule has 0 saturated heterocycles. The van der Waals surface area contributed by atoms with Gasteiger partial charge in [0.25, 0.3) is 0 Å². The number of ketones is 1. The highest BCUT2D eigenvalue weighted by Gasteiger charge is 2.05. The van der Waals surface area contributed by atoms with Crippen LogP contribution in [-0.2, 0) is 11.2 Å². The number of ether oxygens (including phenoxy) is 2. The minimum absolute atomic E-state index is 0.257. The zero-order valence-corrected chi connectivity index (χ0v) is 20.8. The largest absolute Gasteiger partial charge is 0.497 e. The maximum atomic E-state index is 10.7. The molecule has 4 heteroatoms. The minimum Gasteiger partial charge on any atom is -0.497 e. The summed E-state index contributed by atoms with van der Waals surface area (Å²) in [6.45, 7) is 12.9. The molecule has 0 spiro atoms. The highest BCUT2D eigenvalue weighted by molar-refractivity contribution is 7.18. The van der Waals surface area contributed by atoms with Gasteiger partial charge in [-0.15, -0.1) is 9.24 Å². The number of benzene rings is 1. The lowest BCUT2D eigenvalue weighted by Crippen LogP contribution is -2.09. The van der Waals surface area contributed by atoms with Gasteiger partial charge in [0.15, 0.2) is 0 Å². The van der Waals surface area contributed by atoms with Gasteiger partial charge in [-0.1, -0.05) is 73.3 Å². The van der Waals surface area contributed by atoms with Crippen LogP contribution in [0, 0.1) is 11.8 Å². The number of rotatable bonds is 10. The van der Waals surface area contributed by atoms with Crippen LogP contribution in [0.2, 0.25) is 0 Å². The van der Waals surface area contributed by atoms with E-state index in [-0.39, 0.29) is 5.92 Å². The fourth-order valence-corrected chi connectivity index (χ4v) is 3.11. The standard InChI is InChI=1S/C10H14O2.C8H18.C6H13OP/c1-4-8-5-6-9(11-2)7-10(8)12-3;1-4-6-8(3)7-5-2;1-3-5(2)6(7)4-8/h5-7H,4H2,1-3H3;8H,4-7H2,1-3H3;5H,3-4,8H2,1-2H3. The van der Waals surface area contributed by atoms with Gasteiger partial charge in [0.1, 0.15) is 17.3 Å². The Kier molecular flexibility index (Phi) is 20.0. The van der Waals surface area contributed by atoms with E-state index in [1.807, 2.05) is 32.0 Å². The minimum atomic E-state index is 0.257. The van der Waals surface area contributed by atoms with E-state index in [1.54, 1.807) is 14.2 Å². The van der Waals surface area contributed by atoms with Gasteiger partial charge < -0.3 is 9.47 Å². The Balaban J connectivity index is 0. The molecule has 164 valence electrons. The number of hydrogen-bond donors (Lipinski definition) is 0. The summed E-state index contributed by atoms with van der Waals surface area (Å²) in [4.78, 5) is 10.7. The quantitative estimate of drug-likeness (QED) is 0.389. The summed E-state index contributed by atoms with van der Waals surface area (Å²) in [5.41, 5.74) is 1.21. The van der Waals surface area contributed by atoms with E-state index in [9.17, 15) is 4.79 Å². The Morgan fingerprint density at radius 1 is 1.00 bits per heavy atom. The first kappa shape index (κ1) is 29.1. The number of methoxy groups -OCH3 is 2. The Labute approximate surface area is 177 Å². The van der Waals surface area contributed by atoms with Gasteiger partial charge in [0.2, 0.25) is 0 Å². The van der Waals surface area contributed by atoms with Gasteiger partial charge in [-0.3, -0.25) is 4.79 Å². The normalized spacial score (nSPS) is 10.9. The maximum absolute atomic E-state index is 10.7. The first-order valence-electron chi connectivity index (χ1n) is 10.8. The zero-order valence-electron chi connectivity index (χ0n) is 19.6. The van der Waals surface area contributed by atoms with Crippen molar-refractivity contribution in [3.05, 3.63) is 23.8 Å². The molecule has 28 heavy (non-hydrogen) atoms. The number of hydrogen-bond acceptors (Lipinski definition) is 3. The van der Waals surface area contributed by atoms with Crippen LogP contribution < -0.4 is 9.47 Å². The van der Waals surface area contributed by atoms with Crippen molar-refractivity contribution in [2.24, 2.45) is 11.8 Å². The molecule has 2 atom stereocenters. The van der Waals surface area contributed by atoms with Crippen LogP contribution in [0.3, 0.4) is 0 Å². The number of carbonyl (C=O) groups excluding carboxylic acids is 1. The van der Waals surface area contributed by atoms with Gasteiger partial charge in [-0.25, -0.2) is 0 Å². The van der Waals surface area contributed by atoms with Crippen LogP contribution in [0.15, 0.2) is 18.2 Å². The molecule has 0 fully saturated rings. The molecule has 1 aromatic carbocycles. The second-order valence-corrected chi connectivity index (χ2v) is 7.60. The zero-order chi connectivity index (χ0) is 21.9. The Hall–Kier alpha value is -1.08. The molecular weight excluding hydrogens is 367 g/mol. The van der Waals surface area contributed by atoms with E-state index in [1.165, 1.54) is 31.2 Å². The van der Waals surface area contributed by atoms with Crippen LogP contribution in [0.1, 0.15) is 79.2 Å². The summed E-state index contributed by atoms with van der Waals surface area (Å²) in [6.07, 6.45) is 8.07. The second kappa shape index (κ2) is 19.2. The molecule has 1 aromatic rings. The first-order valence-corrected chi connectivity index (χ1v) is 11.6. The van der Waals surface area contributed by atoms with E-state index in [4.69, 9.17) is 9.47 Å². The lowest BCUT2D eigenvalue weighted by atomic mass is 10.0. The van der Waals surface area contributed by atoms with Crippen molar-refractivity contribution in [1.82, 2.24) is 0 Å². The summed E-state index contributed by atoms with van der Waals surface area (Å²) < 4.78 is 10.3. The summed E-state index contributed by atoms with van der Waals surface area (Å²) in [6, 6.07) is 5.87. The SMILES string of the molecule is CCC(C)C(=O)CP.CCCC(C)CCC.CCc1ccc(OC)cc1OC. The number of aryl methyl sites for hydroxylation is 1. The fraction of sp³-hybridized carbons (Fsp3) is 0.708. The second-order valence-electron chi connectivity index (χ2n) is 7.19. The van der Waals surface area contributed by atoms with E-state index < -0.39 is 0 Å². The lowest BCUT2D eigenvalue weighted by Gasteiger charge is -2.07. The molecule has 0 radical (unpaired) electrons. The summed E-state index contributed by atoms with van der Waals surface area (Å²) in [7, 11) is 5.77. The van der Waals surface area contributed by atoms with E-state index >= 15 is 0 Å². The third kappa shape index (κ3) is 14.0. The van der Waals surface area contributed by atoms with Crippen LogP contribution >= 0.6 is 9.24 Å². The molecule has 0 aliphatic rings. The molecule has 0 heterocycles. The van der Waals surface area contributed by atoms with Gasteiger partial charge in [-0.2, -0.15) is 0 Å². The Morgan fingerprint density at radius 3 is 1.89 bits per heavy atom. The van der Waals surface area contributed by atoms with Gasteiger partial charge >= 0.3 is 0 Å². The molecule has 0 amide bonds. The van der Waals surface area contributed by atoms with Crippen molar-refractivity contribution in [3.63, 3.8) is 0 Å². The van der Waals surface area contributed by atoms with E-state index in [2.05, 4.69) is 36.9 Å². The van der Waals surface area contributed by atoms with Crippen molar-refractivity contribution >= 4 is 15.0 Å². The molecule has 0 saturated carbocycles. The average molecular weight is 413 g/mol. The summed E-state index contributed by atoms with van der Waals surface area (Å²) in [5, 5.41) is 0. The molecule has 3 nitrogen and oxygen atoms in total. The Morgan fingerprint density at radius 2 is 1.57 bits per heavy atom. The molecular formula is C24H45O3P. The highest BCUT2D eigenvalue weighted by Crippen LogP contribution is 2.24. The first-order chi connectivity index (χ1) is 13.3. The van der Waals surface area contributed by atoms with Crippen LogP contribution in [0.4, 0.5) is 0 Å². The Bertz CT molecular complexity index is 497. The van der Waals surface area contributed by atoms with E-state index in [0.29, 0.717) is 11.9 Å². The van der Waals surface area contributed by atoms with Crippen LogP contribution in [-0.4, -0.2) is 26.2 Å². The van der Waals surface area contributed by atoms with Crippen LogP contribution in [0.5, 0.6) is 11.5 Å². The van der Waals surface area contributed by atoms with Crippen LogP contribution in [0.25, 0.3) is 0 Å². The molecule has 0 aliphatic heterocycles. The maximum Gasteiger partial charge on any atom is 0.139 e. The number of Topliss-reactive ketones (excluding diaryl/α,β-unsaturated/α-hetero) is 1. The highest BCUT2D eigenvalue weighted by atomic mass is 31.0. The topological polar surface area (TPSA) is 35.5 Å².